The maximum atomic E-state index is 11.6. The lowest BCUT2D eigenvalue weighted by Gasteiger charge is -2.36. The Morgan fingerprint density at radius 2 is 2.00 bits per heavy atom. The number of ether oxygens (including phenoxy) is 1. The zero-order valence-electron chi connectivity index (χ0n) is 10.2. The van der Waals surface area contributed by atoms with Gasteiger partial charge in [0.15, 0.2) is 0 Å². The first-order chi connectivity index (χ1) is 7.81. The Kier molecular flexibility index (Phi) is 4.04. The maximum absolute atomic E-state index is 11.6. The van der Waals surface area contributed by atoms with Gasteiger partial charge in [0.25, 0.3) is 0 Å². The molecule has 2 fully saturated rings. The highest BCUT2D eigenvalue weighted by Crippen LogP contribution is 2.20. The van der Waals surface area contributed by atoms with Gasteiger partial charge in [-0.05, 0) is 45.7 Å². The van der Waals surface area contributed by atoms with Gasteiger partial charge in [0, 0.05) is 19.1 Å². The minimum absolute atomic E-state index is 0.133. The van der Waals surface area contributed by atoms with Crippen LogP contribution in [-0.4, -0.2) is 54.7 Å². The predicted octanol–water partition coefficient (Wildman–Crippen LogP) is 1.70. The Bertz CT molecular complexity index is 239. The predicted molar refractivity (Wildman–Crippen MR) is 62.4 cm³/mol. The van der Waals surface area contributed by atoms with Gasteiger partial charge in [0.05, 0.1) is 6.61 Å². The van der Waals surface area contributed by atoms with Crippen LogP contribution < -0.4 is 0 Å². The van der Waals surface area contributed by atoms with Crippen LogP contribution in [0.25, 0.3) is 0 Å². The van der Waals surface area contributed by atoms with Gasteiger partial charge in [0.2, 0.25) is 0 Å². The van der Waals surface area contributed by atoms with Crippen LogP contribution in [0.1, 0.15) is 32.6 Å². The summed E-state index contributed by atoms with van der Waals surface area (Å²) in [6, 6.07) is 0.570. The van der Waals surface area contributed by atoms with Crippen molar-refractivity contribution in [3.8, 4) is 0 Å². The Labute approximate surface area is 97.5 Å². The summed E-state index contributed by atoms with van der Waals surface area (Å²) in [7, 11) is 0. The van der Waals surface area contributed by atoms with E-state index in [1.54, 1.807) is 0 Å². The normalized spacial score (nSPS) is 27.1. The molecule has 0 aromatic heterocycles. The molecule has 0 aliphatic carbocycles. The topological polar surface area (TPSA) is 32.8 Å². The molecule has 2 aliphatic rings. The molecule has 0 aromatic carbocycles. The quantitative estimate of drug-likeness (QED) is 0.718. The minimum Gasteiger partial charge on any atom is -0.450 e. The minimum atomic E-state index is -0.133. The summed E-state index contributed by atoms with van der Waals surface area (Å²) < 4.78 is 5.06. The molecule has 2 rings (SSSR count). The molecular formula is C12H22N2O2. The zero-order chi connectivity index (χ0) is 11.4. The van der Waals surface area contributed by atoms with Crippen LogP contribution in [0.4, 0.5) is 4.79 Å². The molecule has 0 N–H and O–H groups in total. The van der Waals surface area contributed by atoms with Crippen molar-refractivity contribution in [1.29, 1.82) is 0 Å². The van der Waals surface area contributed by atoms with E-state index in [1.807, 2.05) is 11.8 Å². The van der Waals surface area contributed by atoms with Crippen molar-refractivity contribution in [2.45, 2.75) is 38.6 Å². The lowest BCUT2D eigenvalue weighted by molar-refractivity contribution is 0.0737. The van der Waals surface area contributed by atoms with E-state index in [0.29, 0.717) is 12.6 Å². The van der Waals surface area contributed by atoms with Crippen LogP contribution >= 0.6 is 0 Å². The molecule has 1 atom stereocenters. The van der Waals surface area contributed by atoms with E-state index in [9.17, 15) is 4.79 Å². The second kappa shape index (κ2) is 5.53. The third kappa shape index (κ3) is 2.67. The summed E-state index contributed by atoms with van der Waals surface area (Å²) >= 11 is 0. The molecule has 2 heterocycles. The lowest BCUT2D eigenvalue weighted by Crippen LogP contribution is -2.49. The van der Waals surface area contributed by atoms with Gasteiger partial charge in [-0.25, -0.2) is 4.79 Å². The van der Waals surface area contributed by atoms with E-state index in [4.69, 9.17) is 4.74 Å². The Morgan fingerprint density at radius 3 is 2.69 bits per heavy atom. The molecule has 2 aliphatic heterocycles. The monoisotopic (exact) mass is 226 g/mol. The SMILES string of the molecule is CCOC(=O)N1CCCC(N2CCCC2)C1. The molecule has 0 saturated carbocycles. The smallest absolute Gasteiger partial charge is 0.409 e. The van der Waals surface area contributed by atoms with E-state index in [0.717, 1.165) is 19.5 Å². The zero-order valence-corrected chi connectivity index (χ0v) is 10.2. The number of piperidine rings is 1. The largest absolute Gasteiger partial charge is 0.450 e. The molecule has 2 saturated heterocycles. The van der Waals surface area contributed by atoms with Gasteiger partial charge in [-0.1, -0.05) is 0 Å². The maximum Gasteiger partial charge on any atom is 0.409 e. The summed E-state index contributed by atoms with van der Waals surface area (Å²) in [4.78, 5) is 16.0. The summed E-state index contributed by atoms with van der Waals surface area (Å²) in [6.07, 6.45) is 4.84. The van der Waals surface area contributed by atoms with E-state index in [2.05, 4.69) is 4.90 Å². The lowest BCUT2D eigenvalue weighted by atomic mass is 10.1. The van der Waals surface area contributed by atoms with E-state index in [1.165, 1.54) is 32.4 Å². The van der Waals surface area contributed by atoms with Crippen LogP contribution in [0.5, 0.6) is 0 Å². The number of hydrogen-bond donors (Lipinski definition) is 0. The number of hydrogen-bond acceptors (Lipinski definition) is 3. The number of rotatable bonds is 2. The first-order valence-corrected chi connectivity index (χ1v) is 6.47. The van der Waals surface area contributed by atoms with Crippen molar-refractivity contribution < 1.29 is 9.53 Å². The average Bonchev–Trinajstić information content (AvgIpc) is 2.83. The molecule has 0 radical (unpaired) electrons. The highest BCUT2D eigenvalue weighted by atomic mass is 16.6. The fraction of sp³-hybridized carbons (Fsp3) is 0.917. The third-order valence-electron chi connectivity index (χ3n) is 3.58. The van der Waals surface area contributed by atoms with Crippen LogP contribution in [0, 0.1) is 0 Å². The molecule has 0 bridgehead atoms. The summed E-state index contributed by atoms with van der Waals surface area (Å²) in [5, 5.41) is 0. The van der Waals surface area contributed by atoms with E-state index >= 15 is 0 Å². The van der Waals surface area contributed by atoms with Crippen molar-refractivity contribution in [2.75, 3.05) is 32.8 Å². The number of nitrogens with zero attached hydrogens (tertiary/aromatic N) is 2. The van der Waals surface area contributed by atoms with Gasteiger partial charge >= 0.3 is 6.09 Å². The molecule has 16 heavy (non-hydrogen) atoms. The van der Waals surface area contributed by atoms with Crippen LogP contribution in [0.3, 0.4) is 0 Å². The van der Waals surface area contributed by atoms with Crippen LogP contribution in [0.2, 0.25) is 0 Å². The second-order valence-corrected chi connectivity index (χ2v) is 4.68. The number of likely N-dealkylation sites (tertiary alicyclic amines) is 2. The van der Waals surface area contributed by atoms with Crippen molar-refractivity contribution in [1.82, 2.24) is 9.80 Å². The second-order valence-electron chi connectivity index (χ2n) is 4.68. The first kappa shape index (κ1) is 11.7. The first-order valence-electron chi connectivity index (χ1n) is 6.47. The summed E-state index contributed by atoms with van der Waals surface area (Å²) in [5.74, 6) is 0. The fourth-order valence-corrected chi connectivity index (χ4v) is 2.74. The summed E-state index contributed by atoms with van der Waals surface area (Å²) in [5.41, 5.74) is 0. The fourth-order valence-electron chi connectivity index (χ4n) is 2.74. The van der Waals surface area contributed by atoms with Crippen molar-refractivity contribution in [3.63, 3.8) is 0 Å². The average molecular weight is 226 g/mol. The summed E-state index contributed by atoms with van der Waals surface area (Å²) in [6.45, 7) is 6.48. The molecule has 1 unspecified atom stereocenters. The van der Waals surface area contributed by atoms with Crippen molar-refractivity contribution in [2.24, 2.45) is 0 Å². The number of amides is 1. The Balaban J connectivity index is 1.85. The number of carbonyl (C=O) groups excluding carboxylic acids is 1. The van der Waals surface area contributed by atoms with Gasteiger partial charge < -0.3 is 9.64 Å². The van der Waals surface area contributed by atoms with Gasteiger partial charge in [-0.3, -0.25) is 4.90 Å². The molecule has 0 aromatic rings. The van der Waals surface area contributed by atoms with Gasteiger partial charge in [-0.2, -0.15) is 0 Å². The molecule has 4 nitrogen and oxygen atoms in total. The third-order valence-corrected chi connectivity index (χ3v) is 3.58. The standard InChI is InChI=1S/C12H22N2O2/c1-2-16-12(15)14-9-5-6-11(10-14)13-7-3-4-8-13/h11H,2-10H2,1H3. The van der Waals surface area contributed by atoms with Crippen molar-refractivity contribution in [3.05, 3.63) is 0 Å². The molecule has 92 valence electrons. The van der Waals surface area contributed by atoms with Crippen LogP contribution in [0.15, 0.2) is 0 Å². The molecular weight excluding hydrogens is 204 g/mol. The molecule has 1 amide bonds. The molecule has 0 spiro atoms. The highest BCUT2D eigenvalue weighted by molar-refractivity contribution is 5.67. The van der Waals surface area contributed by atoms with Crippen molar-refractivity contribution >= 4 is 6.09 Å². The van der Waals surface area contributed by atoms with Gasteiger partial charge in [-0.15, -0.1) is 0 Å². The van der Waals surface area contributed by atoms with E-state index in [-0.39, 0.29) is 6.09 Å². The highest BCUT2D eigenvalue weighted by Gasteiger charge is 2.29. The number of carbonyl (C=O) groups is 1. The van der Waals surface area contributed by atoms with E-state index < -0.39 is 0 Å². The molecule has 4 heteroatoms. The Hall–Kier alpha value is -0.770. The van der Waals surface area contributed by atoms with Crippen LogP contribution in [-0.2, 0) is 4.74 Å². The Morgan fingerprint density at radius 1 is 1.25 bits per heavy atom. The van der Waals surface area contributed by atoms with Gasteiger partial charge in [0.1, 0.15) is 0 Å².